The van der Waals surface area contributed by atoms with Crippen molar-refractivity contribution >= 4 is 51.4 Å². The van der Waals surface area contributed by atoms with Crippen LogP contribution in [0.1, 0.15) is 13.8 Å². The Hall–Kier alpha value is 1.60. The Balaban J connectivity index is 0. The fourth-order valence-electron chi connectivity index (χ4n) is 0. The summed E-state index contributed by atoms with van der Waals surface area (Å²) in [6.45, 7) is 4.25. The van der Waals surface area contributed by atoms with Gasteiger partial charge in [-0.15, -0.1) is 0 Å². The van der Waals surface area contributed by atoms with Crippen molar-refractivity contribution in [1.29, 1.82) is 0 Å². The normalized spacial score (nSPS) is 8.00. The zero-order chi connectivity index (χ0) is 4.28. The Morgan fingerprint density at radius 1 is 1.50 bits per heavy atom. The molecule has 1 nitrogen and oxygen atoms in total. The fraction of sp³-hybridized carbons (Fsp3) is 1.00. The van der Waals surface area contributed by atoms with Crippen LogP contribution in [0.15, 0.2) is 0 Å². The zero-order valence-electron chi connectivity index (χ0n) is 3.73. The van der Waals surface area contributed by atoms with Crippen LogP contribution in [-0.4, -0.2) is 63.1 Å². The summed E-state index contributed by atoms with van der Waals surface area (Å²) < 4.78 is 0. The van der Waals surface area contributed by atoms with Crippen LogP contribution in [0.5, 0.6) is 0 Å². The second kappa shape index (κ2) is 6.60. The second-order valence-corrected chi connectivity index (χ2v) is 1.58. The van der Waals surface area contributed by atoms with Gasteiger partial charge in [0.2, 0.25) is 0 Å². The Morgan fingerprint density at radius 2 is 1.67 bits per heavy atom. The van der Waals surface area contributed by atoms with E-state index in [4.69, 9.17) is 5.11 Å². The van der Waals surface area contributed by atoms with Crippen molar-refractivity contribution in [2.24, 2.45) is 5.92 Å². The molecule has 0 aromatic carbocycles. The van der Waals surface area contributed by atoms with E-state index in [0.29, 0.717) is 12.5 Å². The molecule has 0 saturated heterocycles. The van der Waals surface area contributed by atoms with Crippen LogP contribution in [0.3, 0.4) is 0 Å². The van der Waals surface area contributed by atoms with Crippen LogP contribution in [0, 0.1) is 5.92 Å². The van der Waals surface area contributed by atoms with Gasteiger partial charge in [-0.1, -0.05) is 13.8 Å². The molecule has 0 aliphatic rings. The first-order valence-corrected chi connectivity index (χ1v) is 1.88. The molecule has 0 aliphatic heterocycles. The molecule has 0 rings (SSSR count). The standard InChI is InChI=1S/C4H10O.K.H/c1-4(2)3-5;;/h4-5H,3H2,1-2H3;;. The van der Waals surface area contributed by atoms with E-state index in [1.165, 1.54) is 0 Å². The fourth-order valence-corrected chi connectivity index (χ4v) is 0. The van der Waals surface area contributed by atoms with E-state index in [2.05, 4.69) is 0 Å². The van der Waals surface area contributed by atoms with Gasteiger partial charge in [-0.05, 0) is 5.92 Å². The van der Waals surface area contributed by atoms with E-state index in [1.54, 1.807) is 0 Å². The number of hydrogen-bond acceptors (Lipinski definition) is 1. The Bertz CT molecular complexity index is 21.5. The van der Waals surface area contributed by atoms with E-state index < -0.39 is 0 Å². The summed E-state index contributed by atoms with van der Waals surface area (Å²) in [7, 11) is 0. The SMILES string of the molecule is CC(C)CO.[KH]. The van der Waals surface area contributed by atoms with E-state index in [1.807, 2.05) is 13.8 Å². The maximum absolute atomic E-state index is 8.14. The van der Waals surface area contributed by atoms with Gasteiger partial charge < -0.3 is 5.11 Å². The minimum absolute atomic E-state index is 0. The van der Waals surface area contributed by atoms with Gasteiger partial charge >= 0.3 is 51.4 Å². The first-order chi connectivity index (χ1) is 2.27. The summed E-state index contributed by atoms with van der Waals surface area (Å²) >= 11 is 0. The van der Waals surface area contributed by atoms with E-state index in [-0.39, 0.29) is 51.4 Å². The van der Waals surface area contributed by atoms with E-state index in [9.17, 15) is 0 Å². The molecule has 0 atom stereocenters. The average molecular weight is 114 g/mol. The third-order valence-electron chi connectivity index (χ3n) is 0.365. The Kier molecular flexibility index (Phi) is 11.6. The molecule has 0 bridgehead atoms. The molecule has 0 radical (unpaired) electrons. The van der Waals surface area contributed by atoms with Gasteiger partial charge in [0, 0.05) is 6.61 Å². The predicted octanol–water partition coefficient (Wildman–Crippen LogP) is -0.0138. The molecule has 0 aromatic heterocycles. The Labute approximate surface area is 81.6 Å². The van der Waals surface area contributed by atoms with Crippen LogP contribution in [0.25, 0.3) is 0 Å². The molecule has 6 heavy (non-hydrogen) atoms. The molecule has 0 unspecified atom stereocenters. The van der Waals surface area contributed by atoms with Gasteiger partial charge in [0.05, 0.1) is 0 Å². The summed E-state index contributed by atoms with van der Waals surface area (Å²) in [5, 5.41) is 8.14. The van der Waals surface area contributed by atoms with Gasteiger partial charge in [-0.2, -0.15) is 0 Å². The van der Waals surface area contributed by atoms with E-state index >= 15 is 0 Å². The molecule has 0 aromatic rings. The van der Waals surface area contributed by atoms with Crippen LogP contribution in [0.2, 0.25) is 0 Å². The molecular formula is C4H11KO. The summed E-state index contributed by atoms with van der Waals surface area (Å²) in [4.78, 5) is 0. The van der Waals surface area contributed by atoms with Gasteiger partial charge in [-0.25, -0.2) is 0 Å². The van der Waals surface area contributed by atoms with Crippen molar-refractivity contribution < 1.29 is 5.11 Å². The molecule has 0 heterocycles. The quantitative estimate of drug-likeness (QED) is 0.475. The maximum atomic E-state index is 8.14. The second-order valence-electron chi connectivity index (χ2n) is 1.58. The molecule has 0 saturated carbocycles. The average Bonchev–Trinajstić information content (AvgIpc) is 1.38. The molecule has 0 amide bonds. The van der Waals surface area contributed by atoms with Crippen molar-refractivity contribution in [2.45, 2.75) is 13.8 Å². The van der Waals surface area contributed by atoms with Crippen molar-refractivity contribution in [2.75, 3.05) is 6.61 Å². The summed E-state index contributed by atoms with van der Waals surface area (Å²) in [6.07, 6.45) is 0. The Morgan fingerprint density at radius 3 is 1.67 bits per heavy atom. The third kappa shape index (κ3) is 9.14. The molecule has 0 spiro atoms. The van der Waals surface area contributed by atoms with Gasteiger partial charge in [0.15, 0.2) is 0 Å². The van der Waals surface area contributed by atoms with E-state index in [0.717, 1.165) is 0 Å². The summed E-state index contributed by atoms with van der Waals surface area (Å²) in [6, 6.07) is 0. The van der Waals surface area contributed by atoms with Crippen LogP contribution in [0.4, 0.5) is 0 Å². The van der Waals surface area contributed by atoms with Gasteiger partial charge in [0.25, 0.3) is 0 Å². The first kappa shape index (κ1) is 10.6. The molecular weight excluding hydrogens is 103 g/mol. The van der Waals surface area contributed by atoms with Crippen LogP contribution in [-0.2, 0) is 0 Å². The third-order valence-corrected chi connectivity index (χ3v) is 0.365. The summed E-state index contributed by atoms with van der Waals surface area (Å²) in [5.41, 5.74) is 0. The number of rotatable bonds is 1. The van der Waals surface area contributed by atoms with Crippen LogP contribution >= 0.6 is 0 Å². The molecule has 1 N–H and O–H groups in total. The number of aliphatic hydroxyl groups excluding tert-OH is 1. The predicted molar refractivity (Wildman–Crippen MR) is 29.1 cm³/mol. The zero-order valence-corrected chi connectivity index (χ0v) is 3.73. The number of aliphatic hydroxyl groups is 1. The minimum atomic E-state index is 0. The molecule has 34 valence electrons. The molecule has 2 heteroatoms. The summed E-state index contributed by atoms with van der Waals surface area (Å²) in [5.74, 6) is 0.440. The van der Waals surface area contributed by atoms with Crippen molar-refractivity contribution in [1.82, 2.24) is 0 Å². The van der Waals surface area contributed by atoms with Crippen molar-refractivity contribution in [3.05, 3.63) is 0 Å². The number of hydrogen-bond donors (Lipinski definition) is 1. The molecule has 0 aliphatic carbocycles. The first-order valence-electron chi connectivity index (χ1n) is 1.88. The van der Waals surface area contributed by atoms with Gasteiger partial charge in [0.1, 0.15) is 0 Å². The van der Waals surface area contributed by atoms with Crippen molar-refractivity contribution in [3.8, 4) is 0 Å². The van der Waals surface area contributed by atoms with Crippen LogP contribution < -0.4 is 0 Å². The molecule has 0 fully saturated rings. The monoisotopic (exact) mass is 114 g/mol. The topological polar surface area (TPSA) is 20.2 Å². The van der Waals surface area contributed by atoms with Gasteiger partial charge in [-0.3, -0.25) is 0 Å². The van der Waals surface area contributed by atoms with Crippen molar-refractivity contribution in [3.63, 3.8) is 0 Å².